The molecule has 0 aliphatic carbocycles. The molecule has 1 aliphatic heterocycles. The van der Waals surface area contributed by atoms with Gasteiger partial charge in [-0.15, -0.1) is 11.3 Å². The van der Waals surface area contributed by atoms with Gasteiger partial charge in [-0.05, 0) is 30.0 Å². The average molecular weight is 435 g/mol. The zero-order valence-electron chi connectivity index (χ0n) is 12.0. The van der Waals surface area contributed by atoms with E-state index in [0.717, 1.165) is 9.35 Å². The number of aliphatic hydroxyl groups excluding tert-OH is 1. The number of aliphatic hydroxyl groups is 1. The van der Waals surface area contributed by atoms with Crippen LogP contribution in [0.25, 0.3) is 0 Å². The first-order valence-corrected chi connectivity index (χ1v) is 9.56. The second-order valence-electron chi connectivity index (χ2n) is 5.48. The standard InChI is InChI=1S/C16H14BrCl2NO2S/c17-10-6-11(18)15(12(19)7-10)20-8-9(3-4-14(20)21)16(22)13-2-1-5-23-13/h1-2,5-7,9,16,22H,3-4,8H2. The van der Waals surface area contributed by atoms with E-state index in [4.69, 9.17) is 23.2 Å². The lowest BCUT2D eigenvalue weighted by molar-refractivity contribution is -0.120. The molecular weight excluding hydrogens is 421 g/mol. The fraction of sp³-hybridized carbons (Fsp3) is 0.312. The number of hydrogen-bond donors (Lipinski definition) is 1. The fourth-order valence-electron chi connectivity index (χ4n) is 2.83. The van der Waals surface area contributed by atoms with Crippen LogP contribution >= 0.6 is 50.5 Å². The van der Waals surface area contributed by atoms with Gasteiger partial charge in [0.25, 0.3) is 0 Å². The summed E-state index contributed by atoms with van der Waals surface area (Å²) >= 11 is 17.4. The van der Waals surface area contributed by atoms with Gasteiger partial charge in [-0.3, -0.25) is 4.79 Å². The Balaban J connectivity index is 1.89. The molecule has 1 N–H and O–H groups in total. The minimum atomic E-state index is -0.585. The smallest absolute Gasteiger partial charge is 0.227 e. The highest BCUT2D eigenvalue weighted by atomic mass is 79.9. The van der Waals surface area contributed by atoms with Crippen molar-refractivity contribution >= 4 is 62.1 Å². The number of carbonyl (C=O) groups is 1. The first-order valence-electron chi connectivity index (χ1n) is 7.13. The van der Waals surface area contributed by atoms with Gasteiger partial charge in [-0.1, -0.05) is 45.2 Å². The molecule has 0 saturated carbocycles. The quantitative estimate of drug-likeness (QED) is 0.712. The van der Waals surface area contributed by atoms with Gasteiger partial charge < -0.3 is 10.0 Å². The first-order chi connectivity index (χ1) is 11.0. The highest BCUT2D eigenvalue weighted by Crippen LogP contribution is 2.41. The van der Waals surface area contributed by atoms with Crippen LogP contribution in [0, 0.1) is 5.92 Å². The van der Waals surface area contributed by atoms with Crippen molar-refractivity contribution in [3.8, 4) is 0 Å². The van der Waals surface area contributed by atoms with Crippen molar-refractivity contribution in [3.63, 3.8) is 0 Å². The molecule has 3 rings (SSSR count). The van der Waals surface area contributed by atoms with Crippen molar-refractivity contribution < 1.29 is 9.90 Å². The third kappa shape index (κ3) is 3.59. The summed E-state index contributed by atoms with van der Waals surface area (Å²) in [7, 11) is 0. The summed E-state index contributed by atoms with van der Waals surface area (Å²) in [6, 6.07) is 7.26. The molecule has 0 bridgehead atoms. The lowest BCUT2D eigenvalue weighted by Crippen LogP contribution is -2.42. The summed E-state index contributed by atoms with van der Waals surface area (Å²) in [4.78, 5) is 14.9. The molecule has 1 fully saturated rings. The number of nitrogens with zero attached hydrogens (tertiary/aromatic N) is 1. The molecule has 1 aromatic carbocycles. The van der Waals surface area contributed by atoms with Crippen LogP contribution in [0.15, 0.2) is 34.1 Å². The maximum absolute atomic E-state index is 12.4. The monoisotopic (exact) mass is 433 g/mol. The SMILES string of the molecule is O=C1CCC(C(O)c2cccs2)CN1c1c(Cl)cc(Br)cc1Cl. The summed E-state index contributed by atoms with van der Waals surface area (Å²) in [5, 5.41) is 13.3. The molecule has 2 unspecified atom stereocenters. The van der Waals surface area contributed by atoms with E-state index in [0.29, 0.717) is 35.1 Å². The van der Waals surface area contributed by atoms with Crippen molar-refractivity contribution in [2.75, 3.05) is 11.4 Å². The molecule has 1 amide bonds. The van der Waals surface area contributed by atoms with Crippen molar-refractivity contribution in [1.29, 1.82) is 0 Å². The summed E-state index contributed by atoms with van der Waals surface area (Å²) in [5.74, 6) is -0.0621. The lowest BCUT2D eigenvalue weighted by atomic mass is 9.91. The van der Waals surface area contributed by atoms with E-state index < -0.39 is 6.10 Å². The molecule has 0 radical (unpaired) electrons. The topological polar surface area (TPSA) is 40.5 Å². The van der Waals surface area contributed by atoms with Gasteiger partial charge >= 0.3 is 0 Å². The van der Waals surface area contributed by atoms with Crippen molar-refractivity contribution in [3.05, 3.63) is 49.0 Å². The van der Waals surface area contributed by atoms with Crippen LogP contribution in [0.5, 0.6) is 0 Å². The van der Waals surface area contributed by atoms with E-state index >= 15 is 0 Å². The summed E-state index contributed by atoms with van der Waals surface area (Å²) in [6.07, 6.45) is 0.439. The fourth-order valence-corrected chi connectivity index (χ4v) is 5.05. The third-order valence-electron chi connectivity index (χ3n) is 3.98. The summed E-state index contributed by atoms with van der Waals surface area (Å²) in [6.45, 7) is 0.402. The normalized spacial score (nSPS) is 19.9. The van der Waals surface area contributed by atoms with Gasteiger partial charge in [0.2, 0.25) is 5.91 Å². The Labute approximate surface area is 157 Å². The average Bonchev–Trinajstić information content (AvgIpc) is 3.01. The van der Waals surface area contributed by atoms with Crippen molar-refractivity contribution in [1.82, 2.24) is 0 Å². The number of amides is 1. The zero-order valence-corrected chi connectivity index (χ0v) is 15.9. The second-order valence-corrected chi connectivity index (χ2v) is 8.19. The summed E-state index contributed by atoms with van der Waals surface area (Å²) < 4.78 is 0.760. The highest BCUT2D eigenvalue weighted by Gasteiger charge is 2.33. The maximum atomic E-state index is 12.4. The predicted molar refractivity (Wildman–Crippen MR) is 98.5 cm³/mol. The molecule has 7 heteroatoms. The Morgan fingerprint density at radius 3 is 2.65 bits per heavy atom. The molecule has 1 saturated heterocycles. The number of rotatable bonds is 3. The predicted octanol–water partition coefficient (Wildman–Crippen LogP) is 5.29. The maximum Gasteiger partial charge on any atom is 0.227 e. The van der Waals surface area contributed by atoms with Crippen molar-refractivity contribution in [2.45, 2.75) is 18.9 Å². The van der Waals surface area contributed by atoms with Gasteiger partial charge in [-0.2, -0.15) is 0 Å². The Morgan fingerprint density at radius 1 is 1.35 bits per heavy atom. The molecule has 0 spiro atoms. The Morgan fingerprint density at radius 2 is 2.04 bits per heavy atom. The van der Waals surface area contributed by atoms with Gasteiger partial charge in [0.1, 0.15) is 0 Å². The van der Waals surface area contributed by atoms with Crippen LogP contribution in [0.3, 0.4) is 0 Å². The van der Waals surface area contributed by atoms with Gasteiger partial charge in [-0.25, -0.2) is 0 Å². The molecule has 2 heterocycles. The van der Waals surface area contributed by atoms with Crippen LogP contribution in [0.4, 0.5) is 5.69 Å². The van der Waals surface area contributed by atoms with Crippen LogP contribution in [0.2, 0.25) is 10.0 Å². The van der Waals surface area contributed by atoms with Gasteiger partial charge in [0.05, 0.1) is 21.8 Å². The zero-order chi connectivity index (χ0) is 16.6. The van der Waals surface area contributed by atoms with Crippen LogP contribution in [-0.2, 0) is 4.79 Å². The molecule has 122 valence electrons. The largest absolute Gasteiger partial charge is 0.387 e. The molecular formula is C16H14BrCl2NO2S. The number of anilines is 1. The Bertz CT molecular complexity index is 700. The Hall–Kier alpha value is -0.590. The first kappa shape index (κ1) is 17.2. The van der Waals surface area contributed by atoms with E-state index in [1.807, 2.05) is 17.5 Å². The number of carbonyl (C=O) groups excluding carboxylic acids is 1. The van der Waals surface area contributed by atoms with Gasteiger partial charge in [0.15, 0.2) is 0 Å². The minimum Gasteiger partial charge on any atom is -0.387 e. The van der Waals surface area contributed by atoms with E-state index in [1.165, 1.54) is 11.3 Å². The lowest BCUT2D eigenvalue weighted by Gasteiger charge is -2.35. The molecule has 3 nitrogen and oxygen atoms in total. The number of hydrogen-bond acceptors (Lipinski definition) is 3. The number of halogens is 3. The van der Waals surface area contributed by atoms with Crippen LogP contribution < -0.4 is 4.90 Å². The molecule has 1 aromatic heterocycles. The van der Waals surface area contributed by atoms with E-state index in [1.54, 1.807) is 17.0 Å². The number of benzene rings is 1. The summed E-state index contributed by atoms with van der Waals surface area (Å²) in [5.41, 5.74) is 0.518. The molecule has 2 aromatic rings. The Kier molecular flexibility index (Phi) is 5.33. The third-order valence-corrected chi connectivity index (χ3v) is 5.96. The molecule has 2 atom stereocenters. The van der Waals surface area contributed by atoms with Gasteiger partial charge in [0, 0.05) is 28.2 Å². The number of thiophene rings is 1. The minimum absolute atomic E-state index is 0.0225. The van der Waals surface area contributed by atoms with E-state index in [-0.39, 0.29) is 11.8 Å². The second kappa shape index (κ2) is 7.11. The van der Waals surface area contributed by atoms with E-state index in [2.05, 4.69) is 15.9 Å². The van der Waals surface area contributed by atoms with Crippen LogP contribution in [-0.4, -0.2) is 17.6 Å². The highest BCUT2D eigenvalue weighted by molar-refractivity contribution is 9.10. The van der Waals surface area contributed by atoms with Crippen molar-refractivity contribution in [2.24, 2.45) is 5.92 Å². The number of piperidine rings is 1. The molecule has 23 heavy (non-hydrogen) atoms. The van der Waals surface area contributed by atoms with Crippen LogP contribution in [0.1, 0.15) is 23.8 Å². The molecule has 1 aliphatic rings. The van der Waals surface area contributed by atoms with E-state index in [9.17, 15) is 9.90 Å².